The highest BCUT2D eigenvalue weighted by molar-refractivity contribution is 6.31. The Labute approximate surface area is 210 Å². The van der Waals surface area contributed by atoms with Crippen LogP contribution in [0.25, 0.3) is 10.9 Å². The predicted molar refractivity (Wildman–Crippen MR) is 141 cm³/mol. The lowest BCUT2D eigenvalue weighted by Gasteiger charge is -2.26. The molecular formula is C27H33ClN4O3. The monoisotopic (exact) mass is 496 g/mol. The number of halogens is 1. The number of hydrogen-bond donors (Lipinski definition) is 2. The van der Waals surface area contributed by atoms with Crippen LogP contribution in [0.15, 0.2) is 47.3 Å². The molecule has 2 amide bonds. The summed E-state index contributed by atoms with van der Waals surface area (Å²) in [5, 5.41) is 3.98. The minimum Gasteiger partial charge on any atom is -0.343 e. The highest BCUT2D eigenvalue weighted by Crippen LogP contribution is 2.25. The van der Waals surface area contributed by atoms with Crippen molar-refractivity contribution in [3.8, 4) is 0 Å². The van der Waals surface area contributed by atoms with Crippen LogP contribution in [0, 0.1) is 0 Å². The van der Waals surface area contributed by atoms with Gasteiger partial charge in [0, 0.05) is 36.6 Å². The number of aromatic nitrogens is 2. The summed E-state index contributed by atoms with van der Waals surface area (Å²) < 4.78 is 0. The number of amides is 2. The molecule has 0 bridgehead atoms. The van der Waals surface area contributed by atoms with Crippen molar-refractivity contribution in [1.82, 2.24) is 14.9 Å². The first kappa shape index (κ1) is 26.4. The van der Waals surface area contributed by atoms with E-state index in [4.69, 9.17) is 11.6 Å². The fourth-order valence-electron chi connectivity index (χ4n) is 4.15. The number of carbonyl (C=O) groups excluding carboxylic acids is 2. The van der Waals surface area contributed by atoms with Gasteiger partial charge in [-0.25, -0.2) is 4.98 Å². The van der Waals surface area contributed by atoms with E-state index in [2.05, 4.69) is 15.3 Å². The Bertz CT molecular complexity index is 1220. The minimum absolute atomic E-state index is 0.0438. The van der Waals surface area contributed by atoms with Gasteiger partial charge < -0.3 is 15.2 Å². The van der Waals surface area contributed by atoms with Gasteiger partial charge >= 0.3 is 0 Å². The molecule has 1 aromatic heterocycles. The van der Waals surface area contributed by atoms with E-state index in [-0.39, 0.29) is 17.4 Å². The third-order valence-corrected chi connectivity index (χ3v) is 6.11. The number of aryl methyl sites for hydroxylation is 1. The van der Waals surface area contributed by atoms with Gasteiger partial charge in [-0.2, -0.15) is 0 Å². The van der Waals surface area contributed by atoms with E-state index in [1.807, 2.05) is 43.0 Å². The first-order valence-corrected chi connectivity index (χ1v) is 12.7. The summed E-state index contributed by atoms with van der Waals surface area (Å²) in [4.78, 5) is 44.2. The molecule has 0 aliphatic carbocycles. The quantitative estimate of drug-likeness (QED) is 0.524. The number of nitrogens with one attached hydrogen (secondary N) is 2. The molecule has 0 saturated carbocycles. The van der Waals surface area contributed by atoms with Gasteiger partial charge in [-0.15, -0.1) is 0 Å². The van der Waals surface area contributed by atoms with Crippen molar-refractivity contribution in [2.75, 3.05) is 18.4 Å². The van der Waals surface area contributed by atoms with Crippen molar-refractivity contribution in [3.63, 3.8) is 0 Å². The Hall–Kier alpha value is -3.19. The average molecular weight is 497 g/mol. The molecule has 3 aromatic rings. The summed E-state index contributed by atoms with van der Waals surface area (Å²) in [6.45, 7) is 5.79. The highest BCUT2D eigenvalue weighted by Gasteiger charge is 2.17. The number of fused-ring (bicyclic) bond motifs is 2. The van der Waals surface area contributed by atoms with E-state index in [0.29, 0.717) is 41.0 Å². The van der Waals surface area contributed by atoms with E-state index in [1.165, 1.54) is 6.42 Å². The molecule has 7 nitrogen and oxygen atoms in total. The molecular weight excluding hydrogens is 464 g/mol. The third kappa shape index (κ3) is 7.39. The second-order valence-electron chi connectivity index (χ2n) is 8.35. The summed E-state index contributed by atoms with van der Waals surface area (Å²) >= 11 is 5.72. The lowest BCUT2D eigenvalue weighted by molar-refractivity contribution is -0.132. The number of hydrogen-bond acceptors (Lipinski definition) is 4. The molecule has 5 rings (SSSR count). The SMILES string of the molecule is CC.O=C(CCCc1nc2ccccc2c(=O)[nH]1)N1CCCCC1.O=C1Cc2ccc(Cl)cc2N1. The Morgan fingerprint density at radius 2 is 1.80 bits per heavy atom. The number of likely N-dealkylation sites (tertiary alicyclic amines) is 1. The second-order valence-corrected chi connectivity index (χ2v) is 8.79. The van der Waals surface area contributed by atoms with Gasteiger partial charge in [0.05, 0.1) is 17.3 Å². The number of H-pyrrole nitrogens is 1. The standard InChI is InChI=1S/C17H21N3O2.C8H6ClNO.C2H6/c21-16(20-11-4-1-5-12-20)10-6-9-15-18-14-8-3-2-7-13(14)17(22)19-15;9-6-2-1-5-3-8(11)10-7(5)4-6;1-2/h2-3,7-8H,1,4-6,9-12H2,(H,18,19,22);1-2,4H,3H2,(H,10,11);1-2H3. The number of anilines is 1. The van der Waals surface area contributed by atoms with Crippen molar-refractivity contribution in [2.24, 2.45) is 0 Å². The largest absolute Gasteiger partial charge is 0.343 e. The van der Waals surface area contributed by atoms with Crippen molar-refractivity contribution in [3.05, 3.63) is 69.2 Å². The number of rotatable bonds is 4. The second kappa shape index (κ2) is 13.0. The van der Waals surface area contributed by atoms with Crippen molar-refractivity contribution in [2.45, 2.75) is 58.8 Å². The van der Waals surface area contributed by atoms with Crippen LogP contribution in [-0.4, -0.2) is 39.8 Å². The molecule has 1 saturated heterocycles. The van der Waals surface area contributed by atoms with E-state index in [1.54, 1.807) is 18.2 Å². The van der Waals surface area contributed by atoms with Crippen LogP contribution in [-0.2, 0) is 22.4 Å². The van der Waals surface area contributed by atoms with Crippen LogP contribution in [0.2, 0.25) is 5.02 Å². The van der Waals surface area contributed by atoms with Crippen molar-refractivity contribution in [1.29, 1.82) is 0 Å². The maximum atomic E-state index is 12.1. The fraction of sp³-hybridized carbons (Fsp3) is 0.407. The maximum Gasteiger partial charge on any atom is 0.258 e. The van der Waals surface area contributed by atoms with Gasteiger partial charge in [-0.1, -0.05) is 43.6 Å². The summed E-state index contributed by atoms with van der Waals surface area (Å²) in [6, 6.07) is 12.7. The zero-order chi connectivity index (χ0) is 25.2. The Balaban J connectivity index is 0.000000220. The lowest BCUT2D eigenvalue weighted by atomic mass is 10.1. The van der Waals surface area contributed by atoms with E-state index < -0.39 is 0 Å². The number of carbonyl (C=O) groups is 2. The molecule has 2 N–H and O–H groups in total. The number of para-hydroxylation sites is 1. The molecule has 2 aliphatic heterocycles. The van der Waals surface area contributed by atoms with E-state index in [0.717, 1.165) is 43.6 Å². The summed E-state index contributed by atoms with van der Waals surface area (Å²) in [5.41, 5.74) is 2.48. The maximum absolute atomic E-state index is 12.1. The van der Waals surface area contributed by atoms with Crippen LogP contribution in [0.4, 0.5) is 5.69 Å². The zero-order valence-corrected chi connectivity index (χ0v) is 21.2. The molecule has 0 unspecified atom stereocenters. The van der Waals surface area contributed by atoms with Crippen LogP contribution in [0.3, 0.4) is 0 Å². The molecule has 3 heterocycles. The molecule has 2 aliphatic rings. The van der Waals surface area contributed by atoms with Crippen LogP contribution in [0.5, 0.6) is 0 Å². The molecule has 1 fully saturated rings. The number of nitrogens with zero attached hydrogens (tertiary/aromatic N) is 2. The van der Waals surface area contributed by atoms with Crippen LogP contribution >= 0.6 is 11.6 Å². The molecule has 0 atom stereocenters. The number of aromatic amines is 1. The smallest absolute Gasteiger partial charge is 0.258 e. The van der Waals surface area contributed by atoms with Crippen LogP contribution in [0.1, 0.15) is 57.3 Å². The van der Waals surface area contributed by atoms with E-state index in [9.17, 15) is 14.4 Å². The van der Waals surface area contributed by atoms with Gasteiger partial charge in [0.15, 0.2) is 0 Å². The molecule has 35 heavy (non-hydrogen) atoms. The first-order valence-electron chi connectivity index (χ1n) is 12.3. The number of benzene rings is 2. The van der Waals surface area contributed by atoms with Gasteiger partial charge in [0.25, 0.3) is 5.56 Å². The first-order chi connectivity index (χ1) is 17.0. The average Bonchev–Trinajstić information content (AvgIpc) is 3.25. The van der Waals surface area contributed by atoms with E-state index >= 15 is 0 Å². The molecule has 0 spiro atoms. The molecule has 2 aromatic carbocycles. The van der Waals surface area contributed by atoms with Gasteiger partial charge in [-0.05, 0) is 55.5 Å². The fourth-order valence-corrected chi connectivity index (χ4v) is 4.32. The summed E-state index contributed by atoms with van der Waals surface area (Å²) in [6.07, 6.45) is 5.81. The molecule has 0 radical (unpaired) electrons. The Morgan fingerprint density at radius 1 is 1.06 bits per heavy atom. The van der Waals surface area contributed by atoms with Crippen molar-refractivity contribution < 1.29 is 9.59 Å². The summed E-state index contributed by atoms with van der Waals surface area (Å²) in [5.74, 6) is 0.931. The Morgan fingerprint density at radius 3 is 2.57 bits per heavy atom. The van der Waals surface area contributed by atoms with Gasteiger partial charge in [0.2, 0.25) is 11.8 Å². The molecule has 186 valence electrons. The van der Waals surface area contributed by atoms with Crippen LogP contribution < -0.4 is 10.9 Å². The molecule has 8 heteroatoms. The summed E-state index contributed by atoms with van der Waals surface area (Å²) in [7, 11) is 0. The highest BCUT2D eigenvalue weighted by atomic mass is 35.5. The lowest BCUT2D eigenvalue weighted by Crippen LogP contribution is -2.35. The van der Waals surface area contributed by atoms with Crippen molar-refractivity contribution >= 4 is 40.0 Å². The topological polar surface area (TPSA) is 95.2 Å². The predicted octanol–water partition coefficient (Wildman–Crippen LogP) is 5.12. The Kier molecular flexibility index (Phi) is 9.85. The number of piperidine rings is 1. The van der Waals surface area contributed by atoms with Gasteiger partial charge in [0.1, 0.15) is 5.82 Å². The van der Waals surface area contributed by atoms with Gasteiger partial charge in [-0.3, -0.25) is 14.4 Å². The minimum atomic E-state index is -0.108. The third-order valence-electron chi connectivity index (χ3n) is 5.87. The zero-order valence-electron chi connectivity index (χ0n) is 20.4. The normalized spacial score (nSPS) is 14.3.